The summed E-state index contributed by atoms with van der Waals surface area (Å²) in [5.41, 5.74) is 1.85. The van der Waals surface area contributed by atoms with Crippen LogP contribution in [0, 0.1) is 0 Å². The largest absolute Gasteiger partial charge is 0.481 e. The van der Waals surface area contributed by atoms with Crippen molar-refractivity contribution in [3.05, 3.63) is 59.4 Å². The van der Waals surface area contributed by atoms with E-state index in [2.05, 4.69) is 15.0 Å². The number of aromatic nitrogens is 3. The molecule has 3 aromatic rings. The monoisotopic (exact) mass is 327 g/mol. The van der Waals surface area contributed by atoms with E-state index >= 15 is 0 Å². The molecule has 3 heterocycles. The Balaban J connectivity index is 1.62. The van der Waals surface area contributed by atoms with Gasteiger partial charge < -0.3 is 9.47 Å². The molecule has 0 N–H and O–H groups in total. The Morgan fingerprint density at radius 1 is 1.22 bits per heavy atom. The Hall–Kier alpha value is -2.80. The molecule has 0 unspecified atom stereocenters. The SMILES string of the molecule is COc1ccc(C(=O)OCc2csc(-c3ccccn3)n2)cn1. The molecule has 0 saturated heterocycles. The number of carbonyl (C=O) groups is 1. The van der Waals surface area contributed by atoms with Crippen LogP contribution < -0.4 is 4.74 Å². The molecule has 23 heavy (non-hydrogen) atoms. The van der Waals surface area contributed by atoms with Gasteiger partial charge in [0.1, 0.15) is 11.6 Å². The maximum atomic E-state index is 12.0. The van der Waals surface area contributed by atoms with Crippen molar-refractivity contribution in [3.63, 3.8) is 0 Å². The molecule has 0 bridgehead atoms. The van der Waals surface area contributed by atoms with Gasteiger partial charge in [0.25, 0.3) is 0 Å². The van der Waals surface area contributed by atoms with Crippen molar-refractivity contribution < 1.29 is 14.3 Å². The van der Waals surface area contributed by atoms with Gasteiger partial charge in [-0.3, -0.25) is 4.98 Å². The first-order chi connectivity index (χ1) is 11.3. The summed E-state index contributed by atoms with van der Waals surface area (Å²) < 4.78 is 10.2. The molecular weight excluding hydrogens is 314 g/mol. The molecule has 6 nitrogen and oxygen atoms in total. The van der Waals surface area contributed by atoms with Crippen molar-refractivity contribution in [2.45, 2.75) is 6.61 Å². The van der Waals surface area contributed by atoms with Gasteiger partial charge >= 0.3 is 5.97 Å². The minimum atomic E-state index is -0.451. The maximum Gasteiger partial charge on any atom is 0.340 e. The van der Waals surface area contributed by atoms with Gasteiger partial charge in [-0.15, -0.1) is 11.3 Å². The molecule has 3 rings (SSSR count). The second-order valence-corrected chi connectivity index (χ2v) is 5.38. The van der Waals surface area contributed by atoms with E-state index in [0.29, 0.717) is 17.1 Å². The standard InChI is InChI=1S/C16H13N3O3S/c1-21-14-6-5-11(8-18-14)16(20)22-9-12-10-23-15(19-12)13-4-2-3-7-17-13/h2-8,10H,9H2,1H3. The number of hydrogen-bond acceptors (Lipinski definition) is 7. The molecule has 7 heteroatoms. The zero-order chi connectivity index (χ0) is 16.1. The molecule has 0 saturated carbocycles. The van der Waals surface area contributed by atoms with Crippen LogP contribution in [0.2, 0.25) is 0 Å². The second-order valence-electron chi connectivity index (χ2n) is 4.52. The minimum Gasteiger partial charge on any atom is -0.481 e. The molecule has 0 spiro atoms. The maximum absolute atomic E-state index is 12.0. The van der Waals surface area contributed by atoms with E-state index in [1.165, 1.54) is 24.6 Å². The number of methoxy groups -OCH3 is 1. The number of esters is 1. The van der Waals surface area contributed by atoms with Crippen molar-refractivity contribution in [2.75, 3.05) is 7.11 Å². The zero-order valence-corrected chi connectivity index (χ0v) is 13.1. The predicted molar refractivity (Wildman–Crippen MR) is 85.3 cm³/mol. The Bertz CT molecular complexity index is 788. The third-order valence-corrected chi connectivity index (χ3v) is 3.88. The number of thiazole rings is 1. The number of carbonyl (C=O) groups excluding carboxylic acids is 1. The normalized spacial score (nSPS) is 10.3. The summed E-state index contributed by atoms with van der Waals surface area (Å²) in [7, 11) is 1.52. The minimum absolute atomic E-state index is 0.105. The van der Waals surface area contributed by atoms with Crippen LogP contribution in [0.4, 0.5) is 0 Å². The highest BCUT2D eigenvalue weighted by molar-refractivity contribution is 7.13. The molecule has 0 radical (unpaired) electrons. The van der Waals surface area contributed by atoms with Crippen LogP contribution in [-0.4, -0.2) is 28.0 Å². The lowest BCUT2D eigenvalue weighted by molar-refractivity contribution is 0.0468. The quantitative estimate of drug-likeness (QED) is 0.671. The lowest BCUT2D eigenvalue weighted by atomic mass is 10.3. The van der Waals surface area contributed by atoms with E-state index in [-0.39, 0.29) is 6.61 Å². The second kappa shape index (κ2) is 6.97. The van der Waals surface area contributed by atoms with E-state index in [1.807, 2.05) is 23.6 Å². The van der Waals surface area contributed by atoms with Gasteiger partial charge in [0.05, 0.1) is 24.1 Å². The first kappa shape index (κ1) is 15.1. The van der Waals surface area contributed by atoms with E-state index < -0.39 is 5.97 Å². The smallest absolute Gasteiger partial charge is 0.340 e. The average Bonchev–Trinajstić information content (AvgIpc) is 3.09. The molecule has 0 atom stereocenters. The first-order valence-electron chi connectivity index (χ1n) is 6.79. The van der Waals surface area contributed by atoms with Crippen LogP contribution in [0.25, 0.3) is 10.7 Å². The fraction of sp³-hybridized carbons (Fsp3) is 0.125. The summed E-state index contributed by atoms with van der Waals surface area (Å²) in [6, 6.07) is 8.85. The molecule has 116 valence electrons. The summed E-state index contributed by atoms with van der Waals surface area (Å²) in [6.07, 6.45) is 3.13. The molecular formula is C16H13N3O3S. The Morgan fingerprint density at radius 3 is 2.83 bits per heavy atom. The highest BCUT2D eigenvalue weighted by Gasteiger charge is 2.11. The van der Waals surface area contributed by atoms with Crippen molar-refractivity contribution in [2.24, 2.45) is 0 Å². The number of pyridine rings is 2. The van der Waals surface area contributed by atoms with Crippen molar-refractivity contribution in [1.29, 1.82) is 0 Å². The third kappa shape index (κ3) is 3.70. The van der Waals surface area contributed by atoms with E-state index in [0.717, 1.165) is 10.7 Å². The van der Waals surface area contributed by atoms with Crippen molar-refractivity contribution in [1.82, 2.24) is 15.0 Å². The van der Waals surface area contributed by atoms with Gasteiger partial charge in [0.15, 0.2) is 0 Å². The molecule has 0 amide bonds. The van der Waals surface area contributed by atoms with Crippen molar-refractivity contribution in [3.8, 4) is 16.6 Å². The topological polar surface area (TPSA) is 74.2 Å². The fourth-order valence-corrected chi connectivity index (χ4v) is 2.60. The lowest BCUT2D eigenvalue weighted by Crippen LogP contribution is -2.06. The van der Waals surface area contributed by atoms with Gasteiger partial charge in [-0.1, -0.05) is 6.07 Å². The zero-order valence-electron chi connectivity index (χ0n) is 12.3. The summed E-state index contributed by atoms with van der Waals surface area (Å²) in [5, 5.41) is 2.64. The molecule has 0 fully saturated rings. The van der Waals surface area contributed by atoms with Gasteiger partial charge in [-0.25, -0.2) is 14.8 Å². The van der Waals surface area contributed by atoms with E-state index in [4.69, 9.17) is 9.47 Å². The van der Waals surface area contributed by atoms with Gasteiger partial charge in [-0.05, 0) is 18.2 Å². The highest BCUT2D eigenvalue weighted by atomic mass is 32.1. The molecule has 3 aromatic heterocycles. The van der Waals surface area contributed by atoms with Gasteiger partial charge in [-0.2, -0.15) is 0 Å². The van der Waals surface area contributed by atoms with Crippen LogP contribution in [0.5, 0.6) is 5.88 Å². The van der Waals surface area contributed by atoms with Crippen LogP contribution in [0.1, 0.15) is 16.1 Å². The number of ether oxygens (including phenoxy) is 2. The summed E-state index contributed by atoms with van der Waals surface area (Å²) in [6.45, 7) is 0.105. The van der Waals surface area contributed by atoms with Crippen molar-refractivity contribution >= 4 is 17.3 Å². The Kier molecular flexibility index (Phi) is 4.58. The van der Waals surface area contributed by atoms with Crippen LogP contribution in [0.3, 0.4) is 0 Å². The third-order valence-electron chi connectivity index (χ3n) is 2.97. The number of nitrogens with zero attached hydrogens (tertiary/aromatic N) is 3. The lowest BCUT2D eigenvalue weighted by Gasteiger charge is -2.03. The predicted octanol–water partition coefficient (Wildman–Crippen LogP) is 2.97. The molecule has 0 aliphatic carbocycles. The van der Waals surface area contributed by atoms with Crippen LogP contribution >= 0.6 is 11.3 Å². The molecule has 0 aromatic carbocycles. The fourth-order valence-electron chi connectivity index (χ4n) is 1.82. The summed E-state index contributed by atoms with van der Waals surface area (Å²) in [4.78, 5) is 24.6. The Labute approximate surface area is 136 Å². The van der Waals surface area contributed by atoms with Crippen LogP contribution in [-0.2, 0) is 11.3 Å². The number of rotatable bonds is 5. The molecule has 0 aliphatic heterocycles. The van der Waals surface area contributed by atoms with E-state index in [9.17, 15) is 4.79 Å². The highest BCUT2D eigenvalue weighted by Crippen LogP contribution is 2.21. The summed E-state index contributed by atoms with van der Waals surface area (Å²) >= 11 is 1.46. The molecule has 0 aliphatic rings. The van der Waals surface area contributed by atoms with Crippen LogP contribution in [0.15, 0.2) is 48.1 Å². The van der Waals surface area contributed by atoms with Gasteiger partial charge in [0, 0.05) is 23.8 Å². The van der Waals surface area contributed by atoms with Gasteiger partial charge in [0.2, 0.25) is 5.88 Å². The first-order valence-corrected chi connectivity index (χ1v) is 7.67. The summed E-state index contributed by atoms with van der Waals surface area (Å²) in [5.74, 6) is -0.00593. The average molecular weight is 327 g/mol. The number of hydrogen-bond donors (Lipinski definition) is 0. The Morgan fingerprint density at radius 2 is 2.13 bits per heavy atom. The van der Waals surface area contributed by atoms with E-state index in [1.54, 1.807) is 18.3 Å².